The number of hydrogen-bond acceptors (Lipinski definition) is 5. The van der Waals surface area contributed by atoms with Crippen molar-refractivity contribution < 1.29 is 18.4 Å². The maximum Gasteiger partial charge on any atom is 0.139 e. The van der Waals surface area contributed by atoms with Crippen LogP contribution in [0.1, 0.15) is 18.1 Å². The van der Waals surface area contributed by atoms with E-state index in [1.54, 1.807) is 12.1 Å². The third-order valence-corrected chi connectivity index (χ3v) is 5.85. The van der Waals surface area contributed by atoms with E-state index in [1.807, 2.05) is 13.0 Å². The molecule has 1 aliphatic heterocycles. The number of nitrogens with zero attached hydrogens (tertiary/aromatic N) is 2. The number of aryl methyl sites for hydroxylation is 1. The number of rotatable bonds is 4. The van der Waals surface area contributed by atoms with Crippen molar-refractivity contribution in [2.75, 3.05) is 13.6 Å². The Morgan fingerprint density at radius 1 is 0.839 bits per heavy atom. The smallest absolute Gasteiger partial charge is 0.139 e. The SMILES string of the molecule is CCN1C(c2ccc(-c3ccccc3)cc2)=C[NH2+]N1C.Cc1ccc(S(=O)(=O)[O-])cc1. The lowest BCUT2D eigenvalue weighted by molar-refractivity contribution is -0.765. The highest BCUT2D eigenvalue weighted by molar-refractivity contribution is 7.85. The van der Waals surface area contributed by atoms with Crippen LogP contribution in [0.15, 0.2) is 90.0 Å². The highest BCUT2D eigenvalue weighted by atomic mass is 32.2. The molecular weight excluding hydrogens is 410 g/mol. The van der Waals surface area contributed by atoms with Crippen molar-refractivity contribution in [3.63, 3.8) is 0 Å². The number of quaternary nitrogens is 1. The van der Waals surface area contributed by atoms with E-state index in [9.17, 15) is 13.0 Å². The third kappa shape index (κ3) is 5.80. The molecule has 0 atom stereocenters. The van der Waals surface area contributed by atoms with E-state index in [0.717, 1.165) is 12.1 Å². The van der Waals surface area contributed by atoms with E-state index in [1.165, 1.54) is 34.5 Å². The highest BCUT2D eigenvalue weighted by Gasteiger charge is 2.23. The summed E-state index contributed by atoms with van der Waals surface area (Å²) in [5.41, 5.74) is 8.06. The molecule has 4 rings (SSSR count). The maximum atomic E-state index is 10.4. The zero-order chi connectivity index (χ0) is 22.4. The van der Waals surface area contributed by atoms with Gasteiger partial charge < -0.3 is 4.55 Å². The molecule has 0 saturated carbocycles. The van der Waals surface area contributed by atoms with E-state index >= 15 is 0 Å². The predicted molar refractivity (Wildman–Crippen MR) is 121 cm³/mol. The Hall–Kier alpha value is -2.97. The summed E-state index contributed by atoms with van der Waals surface area (Å²) in [5.74, 6) is 0. The monoisotopic (exact) mass is 437 g/mol. The highest BCUT2D eigenvalue weighted by Crippen LogP contribution is 2.24. The zero-order valence-corrected chi connectivity index (χ0v) is 18.7. The predicted octanol–water partition coefficient (Wildman–Crippen LogP) is 3.21. The van der Waals surface area contributed by atoms with Crippen LogP contribution in [-0.2, 0) is 10.1 Å². The van der Waals surface area contributed by atoms with Crippen LogP contribution in [0.3, 0.4) is 0 Å². The standard InChI is InChI=1S/C17H19N3.C7H8O3S/c1-3-20-17(13-18-19(20)2)16-11-9-15(10-12-16)14-7-5-4-6-8-14;1-6-2-4-7(5-3-6)11(8,9)10/h4-13,18H,3H2,1-2H3;2-5H,1H3,(H,8,9,10). The van der Waals surface area contributed by atoms with E-state index < -0.39 is 10.1 Å². The second kappa shape index (κ2) is 9.89. The normalized spacial score (nSPS) is 14.1. The third-order valence-electron chi connectivity index (χ3n) is 5.00. The van der Waals surface area contributed by atoms with Crippen molar-refractivity contribution in [1.29, 1.82) is 0 Å². The molecule has 1 aliphatic rings. The Balaban J connectivity index is 0.000000210. The Labute approximate surface area is 184 Å². The minimum Gasteiger partial charge on any atom is -0.744 e. The van der Waals surface area contributed by atoms with Crippen LogP contribution in [0.25, 0.3) is 16.8 Å². The zero-order valence-electron chi connectivity index (χ0n) is 17.9. The van der Waals surface area contributed by atoms with Crippen molar-refractivity contribution in [1.82, 2.24) is 10.1 Å². The topological polar surface area (TPSA) is 80.3 Å². The lowest BCUT2D eigenvalue weighted by Gasteiger charge is -2.23. The molecule has 2 N–H and O–H groups in total. The van der Waals surface area contributed by atoms with Crippen molar-refractivity contribution in [2.45, 2.75) is 18.7 Å². The minimum atomic E-state index is -4.27. The van der Waals surface area contributed by atoms with E-state index in [-0.39, 0.29) is 4.90 Å². The van der Waals surface area contributed by atoms with Gasteiger partial charge in [-0.2, -0.15) is 0 Å². The van der Waals surface area contributed by atoms with Crippen LogP contribution in [0.2, 0.25) is 0 Å². The second-order valence-electron chi connectivity index (χ2n) is 7.20. The summed E-state index contributed by atoms with van der Waals surface area (Å²) in [6, 6.07) is 25.0. The first-order chi connectivity index (χ1) is 14.8. The van der Waals surface area contributed by atoms with Gasteiger partial charge in [0.2, 0.25) is 0 Å². The van der Waals surface area contributed by atoms with Gasteiger partial charge >= 0.3 is 0 Å². The molecule has 0 aromatic heterocycles. The van der Waals surface area contributed by atoms with Gasteiger partial charge in [0.1, 0.15) is 22.0 Å². The van der Waals surface area contributed by atoms with Crippen LogP contribution in [0, 0.1) is 6.92 Å². The Bertz CT molecular complexity index is 1130. The maximum absolute atomic E-state index is 10.4. The minimum absolute atomic E-state index is 0.178. The van der Waals surface area contributed by atoms with Crippen LogP contribution in [-0.4, -0.2) is 36.7 Å². The second-order valence-corrected chi connectivity index (χ2v) is 8.58. The van der Waals surface area contributed by atoms with E-state index in [2.05, 4.69) is 84.3 Å². The first kappa shape index (κ1) is 22.7. The van der Waals surface area contributed by atoms with Gasteiger partial charge in [-0.15, -0.1) is 0 Å². The fraction of sp³-hybridized carbons (Fsp3) is 0.167. The van der Waals surface area contributed by atoms with Gasteiger partial charge in [0.05, 0.1) is 11.9 Å². The molecule has 0 radical (unpaired) electrons. The molecule has 3 aromatic carbocycles. The molecule has 31 heavy (non-hydrogen) atoms. The molecule has 162 valence electrons. The molecule has 0 spiro atoms. The van der Waals surface area contributed by atoms with Crippen LogP contribution >= 0.6 is 0 Å². The lowest BCUT2D eigenvalue weighted by atomic mass is 10.0. The molecule has 0 bridgehead atoms. The molecule has 3 aromatic rings. The quantitative estimate of drug-likeness (QED) is 0.501. The first-order valence-electron chi connectivity index (χ1n) is 10.0. The molecule has 0 aliphatic carbocycles. The van der Waals surface area contributed by atoms with Crippen molar-refractivity contribution in [2.24, 2.45) is 0 Å². The average molecular weight is 438 g/mol. The summed E-state index contributed by atoms with van der Waals surface area (Å²) in [6.07, 6.45) is 2.17. The van der Waals surface area contributed by atoms with Crippen molar-refractivity contribution in [3.05, 3.63) is 96.2 Å². The fourth-order valence-electron chi connectivity index (χ4n) is 3.32. The van der Waals surface area contributed by atoms with Crippen LogP contribution < -0.4 is 5.43 Å². The molecule has 0 saturated heterocycles. The van der Waals surface area contributed by atoms with Gasteiger partial charge in [0, 0.05) is 12.1 Å². The van der Waals surface area contributed by atoms with Gasteiger partial charge in [-0.25, -0.2) is 13.8 Å². The molecule has 1 heterocycles. The summed E-state index contributed by atoms with van der Waals surface area (Å²) >= 11 is 0. The number of hydrazine groups is 1. The Morgan fingerprint density at radius 2 is 1.39 bits per heavy atom. The summed E-state index contributed by atoms with van der Waals surface area (Å²) in [6.45, 7) is 4.96. The fourth-order valence-corrected chi connectivity index (χ4v) is 3.79. The Morgan fingerprint density at radius 3 is 1.94 bits per heavy atom. The first-order valence-corrected chi connectivity index (χ1v) is 11.4. The van der Waals surface area contributed by atoms with E-state index in [4.69, 9.17) is 0 Å². The summed E-state index contributed by atoms with van der Waals surface area (Å²) in [4.78, 5) is -0.178. The molecule has 0 fully saturated rings. The van der Waals surface area contributed by atoms with E-state index in [0.29, 0.717) is 0 Å². The van der Waals surface area contributed by atoms with Gasteiger partial charge in [-0.05, 0) is 37.1 Å². The summed E-state index contributed by atoms with van der Waals surface area (Å²) in [5, 5.41) is 4.39. The lowest BCUT2D eigenvalue weighted by Crippen LogP contribution is -2.87. The van der Waals surface area contributed by atoms with Gasteiger partial charge in [-0.3, -0.25) is 5.01 Å². The van der Waals surface area contributed by atoms with Crippen molar-refractivity contribution in [3.8, 4) is 11.1 Å². The summed E-state index contributed by atoms with van der Waals surface area (Å²) in [7, 11) is -2.19. The van der Waals surface area contributed by atoms with Crippen LogP contribution in [0.4, 0.5) is 0 Å². The number of nitrogens with two attached hydrogens (primary N) is 1. The van der Waals surface area contributed by atoms with Gasteiger partial charge in [-0.1, -0.05) is 77.4 Å². The molecule has 0 unspecified atom stereocenters. The molecule has 7 heteroatoms. The molecular formula is C24H27N3O3S. The largest absolute Gasteiger partial charge is 0.744 e. The molecule has 0 amide bonds. The van der Waals surface area contributed by atoms with Gasteiger partial charge in [0.15, 0.2) is 0 Å². The number of benzene rings is 3. The number of hydrogen-bond donors (Lipinski definition) is 1. The average Bonchev–Trinajstić information content (AvgIpc) is 3.15. The van der Waals surface area contributed by atoms with Crippen molar-refractivity contribution >= 4 is 15.8 Å². The summed E-state index contributed by atoms with van der Waals surface area (Å²) < 4.78 is 31.2. The van der Waals surface area contributed by atoms with Crippen LogP contribution in [0.5, 0.6) is 0 Å². The Kier molecular flexibility index (Phi) is 7.25. The van der Waals surface area contributed by atoms with Gasteiger partial charge in [0.25, 0.3) is 0 Å². The molecule has 6 nitrogen and oxygen atoms in total.